The lowest BCUT2D eigenvalue weighted by molar-refractivity contribution is 1.82. The average Bonchev–Trinajstić information content (AvgIpc) is 2.03. The van der Waals surface area contributed by atoms with Crippen molar-refractivity contribution in [2.45, 2.75) is 39.3 Å². The zero-order chi connectivity index (χ0) is 12.4. The van der Waals surface area contributed by atoms with Gasteiger partial charge in [0.2, 0.25) is 0 Å². The first-order valence-electron chi connectivity index (χ1n) is 5.72. The van der Waals surface area contributed by atoms with Crippen LogP contribution in [-0.2, 0) is 0 Å². The van der Waals surface area contributed by atoms with Crippen LogP contribution in [0.2, 0.25) is 39.3 Å². The van der Waals surface area contributed by atoms with Crippen LogP contribution in [0, 0.1) is 0 Å². The van der Waals surface area contributed by atoms with Crippen molar-refractivity contribution in [3.05, 3.63) is 24.3 Å². The van der Waals surface area contributed by atoms with Gasteiger partial charge < -0.3 is 16.3 Å². The second-order valence-electron chi connectivity index (χ2n) is 6.05. The minimum atomic E-state index is -1.02. The third-order valence-electron chi connectivity index (χ3n) is 1.79. The topological polar surface area (TPSA) is 0 Å². The highest BCUT2D eigenvalue weighted by Crippen LogP contribution is 2.30. The molecule has 0 fully saturated rings. The van der Waals surface area contributed by atoms with Crippen LogP contribution in [0.4, 0.5) is 0 Å². The Balaban J connectivity index is 2.92. The first kappa shape index (κ1) is 14.6. The fourth-order valence-corrected chi connectivity index (χ4v) is 9.89. The molecule has 16 heavy (non-hydrogen) atoms. The highest BCUT2D eigenvalue weighted by molar-refractivity contribution is 7.91. The maximum absolute atomic E-state index is 2.44. The Kier molecular flexibility index (Phi) is 4.95. The van der Waals surface area contributed by atoms with Crippen molar-refractivity contribution in [2.24, 2.45) is 0 Å². The Morgan fingerprint density at radius 3 is 1.25 bits per heavy atom. The maximum atomic E-state index is 2.44. The Morgan fingerprint density at radius 1 is 0.688 bits per heavy atom. The van der Waals surface area contributed by atoms with E-state index in [2.05, 4.69) is 63.5 Å². The molecule has 1 aromatic carbocycles. The van der Waals surface area contributed by atoms with Crippen LogP contribution >= 0.6 is 16.3 Å². The molecule has 0 saturated heterocycles. The van der Waals surface area contributed by atoms with Crippen LogP contribution in [0.25, 0.3) is 0 Å². The Morgan fingerprint density at radius 2 is 1.00 bits per heavy atom. The molecule has 0 aliphatic heterocycles. The molecule has 1 aromatic rings. The molecule has 90 valence electrons. The van der Waals surface area contributed by atoms with Gasteiger partial charge in [-0.15, -0.1) is 15.5 Å². The van der Waals surface area contributed by atoms with Crippen LogP contribution in [0.5, 0.6) is 0 Å². The summed E-state index contributed by atoms with van der Waals surface area (Å²) in [6.07, 6.45) is 0. The molecule has 1 rings (SSSR count). The molecule has 0 amide bonds. The molecule has 0 aliphatic carbocycles. The summed E-state index contributed by atoms with van der Waals surface area (Å²) in [4.78, 5) is 0. The third kappa shape index (κ3) is 5.73. The first-order chi connectivity index (χ1) is 7.17. The van der Waals surface area contributed by atoms with Gasteiger partial charge in [0.1, 0.15) is 0 Å². The smallest absolute Gasteiger partial charge is 0.0647 e. The van der Waals surface area contributed by atoms with E-state index in [1.807, 2.05) is 0 Å². The van der Waals surface area contributed by atoms with Crippen molar-refractivity contribution in [3.63, 3.8) is 0 Å². The quantitative estimate of drug-likeness (QED) is 0.564. The number of hydrogen-bond acceptors (Lipinski definition) is 0. The average molecular weight is 284 g/mol. The number of benzene rings is 1. The Labute approximate surface area is 106 Å². The van der Waals surface area contributed by atoms with Crippen LogP contribution in [0.15, 0.2) is 24.3 Å². The van der Waals surface area contributed by atoms with Crippen LogP contribution in [0.1, 0.15) is 0 Å². The molecule has 4 heteroatoms. The molecular weight excluding hydrogens is 262 g/mol. The molecule has 0 unspecified atom stereocenters. The summed E-state index contributed by atoms with van der Waals surface area (Å²) in [6, 6.07) is 9.02. The predicted molar refractivity (Wildman–Crippen MR) is 86.2 cm³/mol. The Hall–Kier alpha value is 0.514. The van der Waals surface area contributed by atoms with Crippen molar-refractivity contribution in [3.8, 4) is 0 Å². The van der Waals surface area contributed by atoms with Crippen LogP contribution < -0.4 is 10.6 Å². The van der Waals surface area contributed by atoms with E-state index in [1.54, 1.807) is 26.9 Å². The lowest BCUT2D eigenvalue weighted by Crippen LogP contribution is -2.28. The molecule has 0 atom stereocenters. The molecule has 0 nitrogen and oxygen atoms in total. The van der Waals surface area contributed by atoms with Crippen molar-refractivity contribution < 1.29 is 0 Å². The second-order valence-corrected chi connectivity index (χ2v) is 25.5. The zero-order valence-corrected chi connectivity index (χ0v) is 15.0. The van der Waals surface area contributed by atoms with Gasteiger partial charge in [0.25, 0.3) is 0 Å². The highest BCUT2D eigenvalue weighted by atomic mass is 31.4. The van der Waals surface area contributed by atoms with Gasteiger partial charge >= 0.3 is 0 Å². The van der Waals surface area contributed by atoms with E-state index in [1.165, 1.54) is 0 Å². The fourth-order valence-electron chi connectivity index (χ4n) is 1.38. The zero-order valence-electron chi connectivity index (χ0n) is 11.2. The van der Waals surface area contributed by atoms with Gasteiger partial charge in [-0.3, -0.25) is 0 Å². The van der Waals surface area contributed by atoms with Crippen LogP contribution in [-0.4, -0.2) is 15.5 Å². The van der Waals surface area contributed by atoms with Crippen LogP contribution in [0.3, 0.4) is 0 Å². The number of rotatable bonds is 4. The second kappa shape index (κ2) is 5.44. The van der Waals surface area contributed by atoms with Crippen molar-refractivity contribution in [2.75, 3.05) is 0 Å². The molecule has 0 spiro atoms. The minimum absolute atomic E-state index is 1.02. The van der Waals surface area contributed by atoms with E-state index < -0.39 is 15.5 Å². The summed E-state index contributed by atoms with van der Waals surface area (Å²) in [7, 11) is 1.13. The van der Waals surface area contributed by atoms with E-state index in [9.17, 15) is 0 Å². The first-order valence-corrected chi connectivity index (χ1v) is 16.2. The third-order valence-corrected chi connectivity index (χ3v) is 10.0. The summed E-state index contributed by atoms with van der Waals surface area (Å²) in [5.41, 5.74) is 0. The van der Waals surface area contributed by atoms with Gasteiger partial charge in [-0.05, 0) is 0 Å². The lowest BCUT2D eigenvalue weighted by Gasteiger charge is -2.43. The SMILES string of the molecule is C[Si](C)(C)[P-]c1ccccc1[P-][Si](C)(C)C. The van der Waals surface area contributed by atoms with Crippen molar-refractivity contribution in [1.82, 2.24) is 0 Å². The van der Waals surface area contributed by atoms with Gasteiger partial charge in [-0.1, -0.05) is 63.5 Å². The molecular formula is C12H22P2Si2-2. The Bertz CT molecular complexity index is 316. The summed E-state index contributed by atoms with van der Waals surface area (Å²) < 4.78 is 0. The van der Waals surface area contributed by atoms with E-state index in [-0.39, 0.29) is 0 Å². The van der Waals surface area contributed by atoms with Gasteiger partial charge in [-0.25, -0.2) is 10.6 Å². The number of hydrogen-bond donors (Lipinski definition) is 0. The molecule has 0 bridgehead atoms. The lowest BCUT2D eigenvalue weighted by atomic mass is 10.4. The molecule has 0 saturated carbocycles. The highest BCUT2D eigenvalue weighted by Gasteiger charge is 2.01. The largest absolute Gasteiger partial charge is 0.510 e. The molecule has 0 aromatic heterocycles. The minimum Gasteiger partial charge on any atom is -0.510 e. The van der Waals surface area contributed by atoms with E-state index in [0.717, 1.165) is 0 Å². The van der Waals surface area contributed by atoms with Gasteiger partial charge in [0.05, 0.1) is 0 Å². The van der Waals surface area contributed by atoms with E-state index >= 15 is 0 Å². The molecule has 0 radical (unpaired) electrons. The van der Waals surface area contributed by atoms with Crippen molar-refractivity contribution >= 4 is 42.3 Å². The summed E-state index contributed by atoms with van der Waals surface area (Å²) >= 11 is 0. The monoisotopic (exact) mass is 284 g/mol. The summed E-state index contributed by atoms with van der Waals surface area (Å²) in [5.74, 6) is 0. The van der Waals surface area contributed by atoms with Gasteiger partial charge in [-0.2, -0.15) is 0 Å². The summed E-state index contributed by atoms with van der Waals surface area (Å²) in [6.45, 7) is 14.6. The molecule has 0 N–H and O–H groups in total. The normalized spacial score (nSPS) is 14.4. The predicted octanol–water partition coefficient (Wildman–Crippen LogP) is 4.50. The van der Waals surface area contributed by atoms with Gasteiger partial charge in [0.15, 0.2) is 0 Å². The van der Waals surface area contributed by atoms with Gasteiger partial charge in [0, 0.05) is 0 Å². The molecule has 0 aliphatic rings. The van der Waals surface area contributed by atoms with E-state index in [0.29, 0.717) is 0 Å². The fraction of sp³-hybridized carbons (Fsp3) is 0.500. The standard InChI is InChI=1S/C12H22P2Si2/c1-15(2,3)13-11-9-7-8-10-12(11)14-16(4,5)6/h7-10H,1-6H3/q-2. The maximum Gasteiger partial charge on any atom is -0.0647 e. The summed E-state index contributed by atoms with van der Waals surface area (Å²) in [5, 5.41) is 3.15. The van der Waals surface area contributed by atoms with E-state index in [4.69, 9.17) is 0 Å². The van der Waals surface area contributed by atoms with Crippen molar-refractivity contribution in [1.29, 1.82) is 0 Å². The molecule has 0 heterocycles.